The lowest BCUT2D eigenvalue weighted by Crippen LogP contribution is -2.34. The van der Waals surface area contributed by atoms with E-state index in [0.717, 1.165) is 17.9 Å². The molecule has 1 heterocycles. The van der Waals surface area contributed by atoms with Gasteiger partial charge in [0.05, 0.1) is 12.8 Å². The number of ether oxygens (including phenoxy) is 1. The van der Waals surface area contributed by atoms with Gasteiger partial charge in [-0.05, 0) is 24.3 Å². The molecule has 0 aliphatic carbocycles. The van der Waals surface area contributed by atoms with Crippen LogP contribution in [0.15, 0.2) is 23.1 Å². The van der Waals surface area contributed by atoms with Crippen LogP contribution in [-0.2, 0) is 10.0 Å². The minimum atomic E-state index is -3.54. The number of rotatable bonds is 4. The smallest absolute Gasteiger partial charge is 0.242 e. The van der Waals surface area contributed by atoms with Crippen LogP contribution in [0.1, 0.15) is 6.42 Å². The summed E-state index contributed by atoms with van der Waals surface area (Å²) in [5, 5.41) is 0. The Morgan fingerprint density at radius 3 is 2.83 bits per heavy atom. The van der Waals surface area contributed by atoms with Crippen LogP contribution in [0, 0.1) is 0 Å². The first-order valence-corrected chi connectivity index (χ1v) is 8.20. The number of anilines is 1. The highest BCUT2D eigenvalue weighted by molar-refractivity contribution is 7.99. The summed E-state index contributed by atoms with van der Waals surface area (Å²) < 4.78 is 32.0. The zero-order valence-corrected chi connectivity index (χ0v) is 11.7. The number of methoxy groups -OCH3 is 1. The monoisotopic (exact) mass is 288 g/mol. The van der Waals surface area contributed by atoms with Gasteiger partial charge in [0, 0.05) is 17.9 Å². The predicted octanol–water partition coefficient (Wildman–Crippen LogP) is 1.06. The molecule has 0 spiro atoms. The van der Waals surface area contributed by atoms with Crippen molar-refractivity contribution in [1.29, 1.82) is 0 Å². The Labute approximate surface area is 111 Å². The molecular weight excluding hydrogens is 272 g/mol. The second-order valence-electron chi connectivity index (χ2n) is 4.09. The van der Waals surface area contributed by atoms with Crippen molar-refractivity contribution in [3.8, 4) is 5.75 Å². The van der Waals surface area contributed by atoms with E-state index in [1.165, 1.54) is 19.2 Å². The number of nitrogens with two attached hydrogens (primary N) is 1. The minimum Gasteiger partial charge on any atom is -0.497 e. The first kappa shape index (κ1) is 13.5. The third-order valence-electron chi connectivity index (χ3n) is 2.76. The lowest BCUT2D eigenvalue weighted by atomic mass is 10.3. The molecule has 1 aliphatic heterocycles. The molecule has 18 heavy (non-hydrogen) atoms. The van der Waals surface area contributed by atoms with Gasteiger partial charge in [-0.2, -0.15) is 11.8 Å². The van der Waals surface area contributed by atoms with Crippen LogP contribution in [0.3, 0.4) is 0 Å². The third-order valence-corrected chi connectivity index (χ3v) is 5.51. The van der Waals surface area contributed by atoms with E-state index in [0.29, 0.717) is 5.75 Å². The Kier molecular flexibility index (Phi) is 4.04. The fourth-order valence-electron chi connectivity index (χ4n) is 1.81. The number of sulfonamides is 1. The first-order chi connectivity index (χ1) is 8.53. The van der Waals surface area contributed by atoms with Gasteiger partial charge in [-0.15, -0.1) is 0 Å². The summed E-state index contributed by atoms with van der Waals surface area (Å²) in [6.45, 7) is 0. The highest BCUT2D eigenvalue weighted by Gasteiger charge is 2.24. The highest BCUT2D eigenvalue weighted by Crippen LogP contribution is 2.25. The van der Waals surface area contributed by atoms with Crippen molar-refractivity contribution in [2.75, 3.05) is 24.3 Å². The van der Waals surface area contributed by atoms with Gasteiger partial charge in [0.15, 0.2) is 0 Å². The minimum absolute atomic E-state index is 0.00139. The average Bonchev–Trinajstić information content (AvgIpc) is 2.80. The molecule has 0 aromatic heterocycles. The number of hydrogen-bond donors (Lipinski definition) is 2. The molecular formula is C11H16N2O3S2. The van der Waals surface area contributed by atoms with E-state index in [9.17, 15) is 8.42 Å². The van der Waals surface area contributed by atoms with Crippen LogP contribution >= 0.6 is 11.8 Å². The molecule has 0 bridgehead atoms. The largest absolute Gasteiger partial charge is 0.497 e. The maximum absolute atomic E-state index is 12.2. The van der Waals surface area contributed by atoms with E-state index in [-0.39, 0.29) is 16.6 Å². The van der Waals surface area contributed by atoms with Crippen LogP contribution < -0.4 is 15.2 Å². The lowest BCUT2D eigenvalue weighted by Gasteiger charge is -2.14. The summed E-state index contributed by atoms with van der Waals surface area (Å²) in [6.07, 6.45) is 0.861. The van der Waals surface area contributed by atoms with Crippen LogP contribution in [0.4, 0.5) is 5.69 Å². The SMILES string of the molecule is COc1ccc(S(=O)(=O)NC2CCSC2)c(N)c1. The molecule has 7 heteroatoms. The van der Waals surface area contributed by atoms with Crippen molar-refractivity contribution in [2.45, 2.75) is 17.4 Å². The van der Waals surface area contributed by atoms with E-state index >= 15 is 0 Å². The molecule has 0 radical (unpaired) electrons. The fourth-order valence-corrected chi connectivity index (χ4v) is 4.45. The topological polar surface area (TPSA) is 81.4 Å². The molecule has 0 amide bonds. The Bertz CT molecular complexity index is 525. The highest BCUT2D eigenvalue weighted by atomic mass is 32.2. The number of hydrogen-bond acceptors (Lipinski definition) is 5. The van der Waals surface area contributed by atoms with Gasteiger partial charge in [-0.25, -0.2) is 13.1 Å². The standard InChI is InChI=1S/C11H16N2O3S2/c1-16-9-2-3-11(10(12)6-9)18(14,15)13-8-4-5-17-7-8/h2-3,6,8,13H,4-5,7,12H2,1H3. The van der Waals surface area contributed by atoms with Crippen molar-refractivity contribution < 1.29 is 13.2 Å². The van der Waals surface area contributed by atoms with Gasteiger partial charge >= 0.3 is 0 Å². The molecule has 5 nitrogen and oxygen atoms in total. The second-order valence-corrected chi connectivity index (χ2v) is 6.92. The summed E-state index contributed by atoms with van der Waals surface area (Å²) in [5.74, 6) is 2.35. The van der Waals surface area contributed by atoms with Crippen molar-refractivity contribution in [1.82, 2.24) is 4.72 Å². The number of nitrogens with one attached hydrogen (secondary N) is 1. The summed E-state index contributed by atoms with van der Waals surface area (Å²) in [6, 6.07) is 4.58. The van der Waals surface area contributed by atoms with Crippen molar-refractivity contribution in [3.63, 3.8) is 0 Å². The van der Waals surface area contributed by atoms with Gasteiger partial charge < -0.3 is 10.5 Å². The van der Waals surface area contributed by atoms with Crippen LogP contribution in [0.2, 0.25) is 0 Å². The Morgan fingerprint density at radius 2 is 2.28 bits per heavy atom. The van der Waals surface area contributed by atoms with Crippen molar-refractivity contribution in [3.05, 3.63) is 18.2 Å². The van der Waals surface area contributed by atoms with Gasteiger partial charge in [0.1, 0.15) is 10.6 Å². The Morgan fingerprint density at radius 1 is 1.50 bits per heavy atom. The van der Waals surface area contributed by atoms with Crippen LogP contribution in [-0.4, -0.2) is 33.1 Å². The van der Waals surface area contributed by atoms with Crippen LogP contribution in [0.25, 0.3) is 0 Å². The summed E-state index contributed by atoms with van der Waals surface area (Å²) >= 11 is 1.75. The summed E-state index contributed by atoms with van der Waals surface area (Å²) in [5.41, 5.74) is 5.95. The summed E-state index contributed by atoms with van der Waals surface area (Å²) in [7, 11) is -2.03. The maximum atomic E-state index is 12.2. The molecule has 3 N–H and O–H groups in total. The normalized spacial score (nSPS) is 19.9. The molecule has 1 aliphatic rings. The Balaban J connectivity index is 2.23. The molecule has 1 unspecified atom stereocenters. The zero-order chi connectivity index (χ0) is 13.2. The quantitative estimate of drug-likeness (QED) is 0.810. The van der Waals surface area contributed by atoms with Crippen LogP contribution in [0.5, 0.6) is 5.75 Å². The molecule has 1 fully saturated rings. The van der Waals surface area contributed by atoms with Crippen molar-refractivity contribution >= 4 is 27.5 Å². The van der Waals surface area contributed by atoms with E-state index in [1.807, 2.05) is 0 Å². The predicted molar refractivity (Wildman–Crippen MR) is 73.5 cm³/mol. The molecule has 1 aromatic rings. The fraction of sp³-hybridized carbons (Fsp3) is 0.455. The zero-order valence-electron chi connectivity index (χ0n) is 10.0. The van der Waals surface area contributed by atoms with Crippen molar-refractivity contribution in [2.24, 2.45) is 0 Å². The molecule has 0 saturated carbocycles. The molecule has 2 rings (SSSR count). The van der Waals surface area contributed by atoms with Gasteiger partial charge in [0.25, 0.3) is 0 Å². The van der Waals surface area contributed by atoms with E-state index < -0.39 is 10.0 Å². The Hall–Kier alpha value is -0.920. The molecule has 1 aromatic carbocycles. The van der Waals surface area contributed by atoms with Gasteiger partial charge in [-0.3, -0.25) is 0 Å². The molecule has 1 saturated heterocycles. The lowest BCUT2D eigenvalue weighted by molar-refractivity contribution is 0.414. The van der Waals surface area contributed by atoms with Gasteiger partial charge in [-0.1, -0.05) is 0 Å². The number of benzene rings is 1. The molecule has 1 atom stereocenters. The van der Waals surface area contributed by atoms with E-state index in [4.69, 9.17) is 10.5 Å². The average molecular weight is 288 g/mol. The van der Waals surface area contributed by atoms with E-state index in [1.54, 1.807) is 17.8 Å². The van der Waals surface area contributed by atoms with E-state index in [2.05, 4.69) is 4.72 Å². The first-order valence-electron chi connectivity index (χ1n) is 5.56. The third kappa shape index (κ3) is 2.90. The number of nitrogen functional groups attached to an aromatic ring is 1. The second kappa shape index (κ2) is 5.38. The molecule has 100 valence electrons. The van der Waals surface area contributed by atoms with Gasteiger partial charge in [0.2, 0.25) is 10.0 Å². The maximum Gasteiger partial charge on any atom is 0.242 e. The summed E-state index contributed by atoms with van der Waals surface area (Å²) in [4.78, 5) is 0.111. The number of thioether (sulfide) groups is 1.